The number of benzene rings is 1. The van der Waals surface area contributed by atoms with Gasteiger partial charge in [0, 0.05) is 12.4 Å². The Kier molecular flexibility index (Phi) is 4.91. The summed E-state index contributed by atoms with van der Waals surface area (Å²) in [6.45, 7) is 3.72. The molecule has 0 bridgehead atoms. The molecule has 4 nitrogen and oxygen atoms in total. The van der Waals surface area contributed by atoms with Crippen molar-refractivity contribution in [3.8, 4) is 0 Å². The molecule has 2 aromatic rings. The highest BCUT2D eigenvalue weighted by Crippen LogP contribution is 2.19. The van der Waals surface area contributed by atoms with Crippen molar-refractivity contribution < 1.29 is 8.42 Å². The molecule has 0 saturated carbocycles. The molecule has 1 aromatic heterocycles. The first-order valence-electron chi connectivity index (χ1n) is 5.49. The van der Waals surface area contributed by atoms with Crippen LogP contribution in [0.3, 0.4) is 0 Å². The maximum Gasteiger partial charge on any atom is 0.262 e. The van der Waals surface area contributed by atoms with E-state index in [1.165, 1.54) is 0 Å². The van der Waals surface area contributed by atoms with Gasteiger partial charge in [-0.3, -0.25) is 9.71 Å². The summed E-state index contributed by atoms with van der Waals surface area (Å²) in [5, 5.41) is 0. The molecule has 0 aliphatic rings. The van der Waals surface area contributed by atoms with Crippen LogP contribution in [-0.4, -0.2) is 13.4 Å². The second-order valence-corrected chi connectivity index (χ2v) is 5.76. The fourth-order valence-corrected chi connectivity index (χ4v) is 3.02. The maximum atomic E-state index is 12.2. The fourth-order valence-electron chi connectivity index (χ4n) is 1.73. The summed E-state index contributed by atoms with van der Waals surface area (Å²) in [5.41, 5.74) is 2.27. The van der Waals surface area contributed by atoms with Gasteiger partial charge in [0.15, 0.2) is 0 Å². The van der Waals surface area contributed by atoms with Gasteiger partial charge in [0.05, 0.1) is 10.6 Å². The molecule has 0 aliphatic heterocycles. The monoisotopic (exact) mass is 298 g/mol. The number of nitrogens with one attached hydrogen (secondary N) is 1. The van der Waals surface area contributed by atoms with Crippen LogP contribution >= 0.6 is 12.4 Å². The Balaban J connectivity index is 0.00000180. The van der Waals surface area contributed by atoms with Gasteiger partial charge in [-0.15, -0.1) is 12.4 Å². The predicted molar refractivity (Wildman–Crippen MR) is 78.2 cm³/mol. The zero-order chi connectivity index (χ0) is 13.2. The van der Waals surface area contributed by atoms with Crippen LogP contribution in [0.5, 0.6) is 0 Å². The summed E-state index contributed by atoms with van der Waals surface area (Å²) >= 11 is 0. The fraction of sp³-hybridized carbons (Fsp3) is 0.154. The van der Waals surface area contributed by atoms with Crippen molar-refractivity contribution in [2.75, 3.05) is 4.72 Å². The van der Waals surface area contributed by atoms with Gasteiger partial charge in [-0.2, -0.15) is 0 Å². The molecule has 1 aromatic carbocycles. The summed E-state index contributed by atoms with van der Waals surface area (Å²) in [6, 6.07) is 8.48. The van der Waals surface area contributed by atoms with Crippen LogP contribution in [0, 0.1) is 13.8 Å². The average molecular weight is 299 g/mol. The standard InChI is InChI=1S/C13H14N2O2S.ClH/c1-10-3-4-13(11(2)9-10)18(16,17)15-12-5-7-14-8-6-12;/h3-9H,1-2H3,(H,14,15);1H. The van der Waals surface area contributed by atoms with Gasteiger partial charge in [-0.05, 0) is 37.6 Å². The molecule has 6 heteroatoms. The second-order valence-electron chi connectivity index (χ2n) is 4.11. The van der Waals surface area contributed by atoms with Gasteiger partial charge < -0.3 is 0 Å². The molecule has 0 amide bonds. The first-order valence-corrected chi connectivity index (χ1v) is 6.97. The molecule has 102 valence electrons. The minimum atomic E-state index is -3.54. The Morgan fingerprint density at radius 3 is 2.26 bits per heavy atom. The van der Waals surface area contributed by atoms with E-state index in [0.29, 0.717) is 10.6 Å². The highest BCUT2D eigenvalue weighted by molar-refractivity contribution is 7.92. The SMILES string of the molecule is Cc1ccc(S(=O)(=O)Nc2ccncc2)c(C)c1.Cl. The normalized spacial score (nSPS) is 10.6. The van der Waals surface area contributed by atoms with Gasteiger partial charge in [0.2, 0.25) is 0 Å². The molecule has 0 aliphatic carbocycles. The quantitative estimate of drug-likeness (QED) is 0.948. The van der Waals surface area contributed by atoms with E-state index in [-0.39, 0.29) is 12.4 Å². The third kappa shape index (κ3) is 3.68. The Labute approximate surface area is 119 Å². The molecule has 1 N–H and O–H groups in total. The van der Waals surface area contributed by atoms with Crippen molar-refractivity contribution in [3.63, 3.8) is 0 Å². The topological polar surface area (TPSA) is 59.1 Å². The van der Waals surface area contributed by atoms with Crippen LogP contribution in [-0.2, 0) is 10.0 Å². The Morgan fingerprint density at radius 1 is 1.05 bits per heavy atom. The molecular formula is C13H15ClN2O2S. The van der Waals surface area contributed by atoms with Crippen molar-refractivity contribution in [2.45, 2.75) is 18.7 Å². The van der Waals surface area contributed by atoms with Crippen LogP contribution < -0.4 is 4.72 Å². The van der Waals surface area contributed by atoms with E-state index < -0.39 is 10.0 Å². The van der Waals surface area contributed by atoms with E-state index in [1.807, 2.05) is 13.0 Å². The smallest absolute Gasteiger partial charge is 0.262 e. The Bertz CT molecular complexity index is 658. The zero-order valence-electron chi connectivity index (χ0n) is 10.6. The lowest BCUT2D eigenvalue weighted by atomic mass is 10.2. The molecule has 19 heavy (non-hydrogen) atoms. The summed E-state index contributed by atoms with van der Waals surface area (Å²) in [4.78, 5) is 4.14. The van der Waals surface area contributed by atoms with Crippen LogP contribution in [0.1, 0.15) is 11.1 Å². The number of halogens is 1. The third-order valence-corrected chi connectivity index (χ3v) is 4.09. The number of pyridine rings is 1. The van der Waals surface area contributed by atoms with Gasteiger partial charge in [0.1, 0.15) is 0 Å². The Morgan fingerprint density at radius 2 is 1.68 bits per heavy atom. The van der Waals surface area contributed by atoms with Gasteiger partial charge in [-0.25, -0.2) is 8.42 Å². The van der Waals surface area contributed by atoms with Crippen LogP contribution in [0.4, 0.5) is 5.69 Å². The van der Waals surface area contributed by atoms with Crippen LogP contribution in [0.25, 0.3) is 0 Å². The molecule has 2 rings (SSSR count). The lowest BCUT2D eigenvalue weighted by molar-refractivity contribution is 0.600. The number of hydrogen-bond acceptors (Lipinski definition) is 3. The second kappa shape index (κ2) is 6.04. The van der Waals surface area contributed by atoms with E-state index in [4.69, 9.17) is 0 Å². The average Bonchev–Trinajstić information content (AvgIpc) is 2.29. The number of anilines is 1. The minimum Gasteiger partial charge on any atom is -0.280 e. The number of aryl methyl sites for hydroxylation is 2. The van der Waals surface area contributed by atoms with Gasteiger partial charge in [-0.1, -0.05) is 17.7 Å². The van der Waals surface area contributed by atoms with E-state index in [0.717, 1.165) is 11.1 Å². The lowest BCUT2D eigenvalue weighted by Gasteiger charge is -2.10. The van der Waals surface area contributed by atoms with Crippen molar-refractivity contribution >= 4 is 28.1 Å². The summed E-state index contributed by atoms with van der Waals surface area (Å²) in [6.07, 6.45) is 3.08. The van der Waals surface area contributed by atoms with Crippen molar-refractivity contribution in [1.29, 1.82) is 0 Å². The zero-order valence-corrected chi connectivity index (χ0v) is 12.3. The maximum absolute atomic E-state index is 12.2. The van der Waals surface area contributed by atoms with Crippen molar-refractivity contribution in [3.05, 3.63) is 53.9 Å². The minimum absolute atomic E-state index is 0. The summed E-state index contributed by atoms with van der Waals surface area (Å²) < 4.78 is 26.9. The van der Waals surface area contributed by atoms with Gasteiger partial charge >= 0.3 is 0 Å². The van der Waals surface area contributed by atoms with Crippen molar-refractivity contribution in [1.82, 2.24) is 4.98 Å². The summed E-state index contributed by atoms with van der Waals surface area (Å²) in [5.74, 6) is 0. The molecule has 0 radical (unpaired) electrons. The number of nitrogens with zero attached hydrogens (tertiary/aromatic N) is 1. The molecule has 0 unspecified atom stereocenters. The van der Waals surface area contributed by atoms with E-state index in [2.05, 4.69) is 9.71 Å². The summed E-state index contributed by atoms with van der Waals surface area (Å²) in [7, 11) is -3.54. The largest absolute Gasteiger partial charge is 0.280 e. The Hall–Kier alpha value is -1.59. The molecule has 0 saturated heterocycles. The van der Waals surface area contributed by atoms with Crippen LogP contribution in [0.2, 0.25) is 0 Å². The number of rotatable bonds is 3. The van der Waals surface area contributed by atoms with E-state index >= 15 is 0 Å². The van der Waals surface area contributed by atoms with E-state index in [1.54, 1.807) is 43.6 Å². The number of hydrogen-bond donors (Lipinski definition) is 1. The number of sulfonamides is 1. The molecule has 0 atom stereocenters. The highest BCUT2D eigenvalue weighted by Gasteiger charge is 2.16. The lowest BCUT2D eigenvalue weighted by Crippen LogP contribution is -2.14. The first kappa shape index (κ1) is 15.5. The predicted octanol–water partition coefficient (Wildman–Crippen LogP) is 2.92. The van der Waals surface area contributed by atoms with E-state index in [9.17, 15) is 8.42 Å². The van der Waals surface area contributed by atoms with Crippen LogP contribution in [0.15, 0.2) is 47.6 Å². The molecule has 1 heterocycles. The number of aromatic nitrogens is 1. The molecular weight excluding hydrogens is 284 g/mol. The molecule has 0 spiro atoms. The molecule has 0 fully saturated rings. The van der Waals surface area contributed by atoms with Gasteiger partial charge in [0.25, 0.3) is 10.0 Å². The first-order chi connectivity index (χ1) is 8.49. The highest BCUT2D eigenvalue weighted by atomic mass is 35.5. The van der Waals surface area contributed by atoms with Crippen molar-refractivity contribution in [2.24, 2.45) is 0 Å². The third-order valence-electron chi connectivity index (χ3n) is 2.55.